The zero-order chi connectivity index (χ0) is 13.1. The largest absolute Gasteiger partial charge is 0.396 e. The molecule has 0 rings (SSSR count). The Hall–Kier alpha value is -0.160. The number of unbranched alkanes of at least 4 members (excludes halogenated alkanes) is 4. The second kappa shape index (κ2) is 9.83. The van der Waals surface area contributed by atoms with Gasteiger partial charge in [0.25, 0.3) is 0 Å². The summed E-state index contributed by atoms with van der Waals surface area (Å²) in [5, 5.41) is 27.7. The molecule has 17 heavy (non-hydrogen) atoms. The number of ether oxygens (including phenoxy) is 1. The van der Waals surface area contributed by atoms with Gasteiger partial charge in [-0.1, -0.05) is 32.6 Å². The van der Waals surface area contributed by atoms with E-state index in [4.69, 9.17) is 4.74 Å². The third-order valence-corrected chi connectivity index (χ3v) is 3.42. The van der Waals surface area contributed by atoms with Crippen molar-refractivity contribution in [3.05, 3.63) is 0 Å². The Labute approximate surface area is 105 Å². The van der Waals surface area contributed by atoms with Crippen molar-refractivity contribution >= 4 is 0 Å². The van der Waals surface area contributed by atoms with Gasteiger partial charge in [0.15, 0.2) is 0 Å². The Balaban J connectivity index is 3.79. The molecule has 104 valence electrons. The van der Waals surface area contributed by atoms with E-state index in [2.05, 4.69) is 6.92 Å². The second-order valence-corrected chi connectivity index (χ2v) is 4.76. The molecular formula is C13H28O4. The molecule has 0 amide bonds. The van der Waals surface area contributed by atoms with E-state index in [0.717, 1.165) is 12.8 Å². The molecule has 0 bridgehead atoms. The molecule has 0 saturated heterocycles. The maximum Gasteiger partial charge on any atom is 0.0669 e. The molecule has 1 unspecified atom stereocenters. The number of hydrogen-bond acceptors (Lipinski definition) is 4. The molecular weight excluding hydrogens is 220 g/mol. The van der Waals surface area contributed by atoms with E-state index in [9.17, 15) is 15.3 Å². The lowest BCUT2D eigenvalue weighted by atomic mass is 9.85. The van der Waals surface area contributed by atoms with Crippen LogP contribution in [0.3, 0.4) is 0 Å². The van der Waals surface area contributed by atoms with Crippen LogP contribution >= 0.6 is 0 Å². The topological polar surface area (TPSA) is 69.9 Å². The maximum absolute atomic E-state index is 9.22. The zero-order valence-electron chi connectivity index (χ0n) is 11.2. The minimum absolute atomic E-state index is 0.267. The predicted octanol–water partition coefficient (Wildman–Crippen LogP) is 1.33. The Bertz CT molecular complexity index is 161. The summed E-state index contributed by atoms with van der Waals surface area (Å²) in [6.07, 6.45) is 5.49. The van der Waals surface area contributed by atoms with E-state index in [1.165, 1.54) is 19.3 Å². The van der Waals surface area contributed by atoms with Gasteiger partial charge in [0.2, 0.25) is 0 Å². The van der Waals surface area contributed by atoms with E-state index >= 15 is 0 Å². The lowest BCUT2D eigenvalue weighted by Gasteiger charge is -2.33. The number of rotatable bonds is 11. The van der Waals surface area contributed by atoms with Crippen LogP contribution in [0.1, 0.15) is 46.0 Å². The molecule has 0 fully saturated rings. The molecule has 1 atom stereocenters. The van der Waals surface area contributed by atoms with E-state index in [-0.39, 0.29) is 25.9 Å². The van der Waals surface area contributed by atoms with Gasteiger partial charge in [0.05, 0.1) is 31.3 Å². The van der Waals surface area contributed by atoms with Gasteiger partial charge in [-0.15, -0.1) is 0 Å². The van der Waals surface area contributed by atoms with Crippen LogP contribution < -0.4 is 0 Å². The molecule has 4 heteroatoms. The summed E-state index contributed by atoms with van der Waals surface area (Å²) in [6, 6.07) is 0. The van der Waals surface area contributed by atoms with Crippen LogP contribution in [0.15, 0.2) is 0 Å². The summed E-state index contributed by atoms with van der Waals surface area (Å²) >= 11 is 0. The number of aliphatic hydroxyl groups is 3. The van der Waals surface area contributed by atoms with Crippen LogP contribution in [-0.2, 0) is 4.74 Å². The first-order chi connectivity index (χ1) is 8.16. The fourth-order valence-electron chi connectivity index (χ4n) is 1.68. The molecule has 0 spiro atoms. The average Bonchev–Trinajstić information content (AvgIpc) is 2.36. The van der Waals surface area contributed by atoms with Crippen LogP contribution in [0.2, 0.25) is 0 Å². The Morgan fingerprint density at radius 2 is 1.47 bits per heavy atom. The third-order valence-electron chi connectivity index (χ3n) is 3.42. The van der Waals surface area contributed by atoms with Crippen molar-refractivity contribution in [2.24, 2.45) is 5.41 Å². The van der Waals surface area contributed by atoms with Gasteiger partial charge in [-0.05, 0) is 13.3 Å². The molecule has 4 nitrogen and oxygen atoms in total. The second-order valence-electron chi connectivity index (χ2n) is 4.76. The molecule has 0 radical (unpaired) electrons. The highest BCUT2D eigenvalue weighted by Crippen LogP contribution is 2.23. The Morgan fingerprint density at radius 3 is 1.94 bits per heavy atom. The smallest absolute Gasteiger partial charge is 0.0669 e. The van der Waals surface area contributed by atoms with Gasteiger partial charge in [-0.3, -0.25) is 0 Å². The molecule has 0 aromatic heterocycles. The van der Waals surface area contributed by atoms with Gasteiger partial charge >= 0.3 is 0 Å². The lowest BCUT2D eigenvalue weighted by Crippen LogP contribution is -2.45. The van der Waals surface area contributed by atoms with Crippen LogP contribution in [0, 0.1) is 5.41 Å². The standard InChI is InChI=1S/C13H28O4/c1-3-4-5-6-7-8-17-12(2)13(9-14,10-15)11-16/h12,14-16H,3-11H2,1-2H3. The first-order valence-electron chi connectivity index (χ1n) is 6.61. The van der Waals surface area contributed by atoms with Gasteiger partial charge in [0.1, 0.15) is 0 Å². The monoisotopic (exact) mass is 248 g/mol. The third kappa shape index (κ3) is 5.82. The Morgan fingerprint density at radius 1 is 0.941 bits per heavy atom. The predicted molar refractivity (Wildman–Crippen MR) is 67.9 cm³/mol. The summed E-state index contributed by atoms with van der Waals surface area (Å²) < 4.78 is 5.58. The van der Waals surface area contributed by atoms with E-state index in [1.54, 1.807) is 6.92 Å². The van der Waals surface area contributed by atoms with Gasteiger partial charge < -0.3 is 20.1 Å². The van der Waals surface area contributed by atoms with Crippen molar-refractivity contribution < 1.29 is 20.1 Å². The first kappa shape index (κ1) is 16.8. The first-order valence-corrected chi connectivity index (χ1v) is 6.61. The fraction of sp³-hybridized carbons (Fsp3) is 1.00. The van der Waals surface area contributed by atoms with Crippen molar-refractivity contribution in [3.63, 3.8) is 0 Å². The molecule has 0 aromatic carbocycles. The van der Waals surface area contributed by atoms with Crippen molar-refractivity contribution in [1.29, 1.82) is 0 Å². The fourth-order valence-corrected chi connectivity index (χ4v) is 1.68. The van der Waals surface area contributed by atoms with Gasteiger partial charge in [-0.25, -0.2) is 0 Å². The minimum Gasteiger partial charge on any atom is -0.396 e. The van der Waals surface area contributed by atoms with Crippen molar-refractivity contribution in [2.75, 3.05) is 26.4 Å². The quantitative estimate of drug-likeness (QED) is 0.482. The summed E-state index contributed by atoms with van der Waals surface area (Å²) in [5.41, 5.74) is -0.927. The zero-order valence-corrected chi connectivity index (χ0v) is 11.2. The van der Waals surface area contributed by atoms with Crippen LogP contribution in [0.25, 0.3) is 0 Å². The highest BCUT2D eigenvalue weighted by Gasteiger charge is 2.35. The van der Waals surface area contributed by atoms with Crippen molar-refractivity contribution in [1.82, 2.24) is 0 Å². The molecule has 0 saturated carbocycles. The van der Waals surface area contributed by atoms with E-state index in [0.29, 0.717) is 6.61 Å². The van der Waals surface area contributed by atoms with Crippen LogP contribution in [0.5, 0.6) is 0 Å². The van der Waals surface area contributed by atoms with Crippen LogP contribution in [0.4, 0.5) is 0 Å². The minimum atomic E-state index is -0.927. The normalized spacial score (nSPS) is 13.9. The summed E-state index contributed by atoms with van der Waals surface area (Å²) in [7, 11) is 0. The Kier molecular flexibility index (Phi) is 9.74. The maximum atomic E-state index is 9.22. The van der Waals surface area contributed by atoms with Crippen molar-refractivity contribution in [2.45, 2.75) is 52.1 Å². The van der Waals surface area contributed by atoms with Gasteiger partial charge in [0, 0.05) is 6.61 Å². The van der Waals surface area contributed by atoms with E-state index in [1.807, 2.05) is 0 Å². The molecule has 0 aromatic rings. The molecule has 0 aliphatic carbocycles. The number of hydrogen-bond donors (Lipinski definition) is 3. The van der Waals surface area contributed by atoms with Crippen molar-refractivity contribution in [3.8, 4) is 0 Å². The molecule has 0 heterocycles. The number of aliphatic hydroxyl groups excluding tert-OH is 3. The SMILES string of the molecule is CCCCCCCOC(C)C(CO)(CO)CO. The molecule has 0 aliphatic heterocycles. The molecule has 0 aliphatic rings. The lowest BCUT2D eigenvalue weighted by molar-refractivity contribution is -0.106. The summed E-state index contributed by atoms with van der Waals surface area (Å²) in [6.45, 7) is 3.78. The highest BCUT2D eigenvalue weighted by atomic mass is 16.5. The molecule has 3 N–H and O–H groups in total. The van der Waals surface area contributed by atoms with Gasteiger partial charge in [-0.2, -0.15) is 0 Å². The summed E-state index contributed by atoms with van der Waals surface area (Å²) in [5.74, 6) is 0. The highest BCUT2D eigenvalue weighted by molar-refractivity contribution is 4.83. The van der Waals surface area contributed by atoms with E-state index < -0.39 is 5.41 Å². The summed E-state index contributed by atoms with van der Waals surface area (Å²) in [4.78, 5) is 0. The average molecular weight is 248 g/mol. The van der Waals surface area contributed by atoms with Crippen LogP contribution in [-0.4, -0.2) is 47.9 Å².